The molecule has 0 spiro atoms. The van der Waals surface area contributed by atoms with Crippen molar-refractivity contribution in [1.82, 2.24) is 15.2 Å². The fourth-order valence-corrected chi connectivity index (χ4v) is 4.20. The van der Waals surface area contributed by atoms with Crippen LogP contribution in [0.15, 0.2) is 11.1 Å². The van der Waals surface area contributed by atoms with Gasteiger partial charge in [-0.2, -0.15) is 5.26 Å². The SMILES string of the molecule is CC[C@@H](Sc1nc2c(cc1C#N)CCC2)C(=O)Nc1nnc(C)s1. The number of thioether (sulfide) groups is 1. The van der Waals surface area contributed by atoms with Gasteiger partial charge in [-0.25, -0.2) is 4.98 Å². The van der Waals surface area contributed by atoms with Crippen molar-refractivity contribution < 1.29 is 4.79 Å². The molecular formula is C16H17N5OS2. The third kappa shape index (κ3) is 3.57. The summed E-state index contributed by atoms with van der Waals surface area (Å²) in [6, 6.07) is 4.14. The van der Waals surface area contributed by atoms with Gasteiger partial charge in [0.2, 0.25) is 11.0 Å². The van der Waals surface area contributed by atoms with Gasteiger partial charge in [0, 0.05) is 5.69 Å². The van der Waals surface area contributed by atoms with E-state index in [9.17, 15) is 10.1 Å². The lowest BCUT2D eigenvalue weighted by Gasteiger charge is -2.14. The first-order valence-corrected chi connectivity index (χ1v) is 9.50. The van der Waals surface area contributed by atoms with Crippen molar-refractivity contribution in [1.29, 1.82) is 5.26 Å². The maximum Gasteiger partial charge on any atom is 0.239 e. The average molecular weight is 359 g/mol. The second-order valence-corrected chi connectivity index (χ2v) is 7.92. The van der Waals surface area contributed by atoms with Gasteiger partial charge in [0.1, 0.15) is 16.1 Å². The van der Waals surface area contributed by atoms with Crippen molar-refractivity contribution in [2.24, 2.45) is 0 Å². The van der Waals surface area contributed by atoms with E-state index in [2.05, 4.69) is 26.6 Å². The number of nitrogens with zero attached hydrogens (tertiary/aromatic N) is 4. The van der Waals surface area contributed by atoms with E-state index in [4.69, 9.17) is 0 Å². The number of nitriles is 1. The Morgan fingerprint density at radius 3 is 3.00 bits per heavy atom. The number of carbonyl (C=O) groups is 1. The number of fused-ring (bicyclic) bond motifs is 1. The van der Waals surface area contributed by atoms with Crippen LogP contribution in [0.2, 0.25) is 0 Å². The smallest absolute Gasteiger partial charge is 0.239 e. The molecule has 0 fully saturated rings. The second-order valence-electron chi connectivity index (χ2n) is 5.54. The largest absolute Gasteiger partial charge is 0.300 e. The van der Waals surface area contributed by atoms with Gasteiger partial charge in [0.05, 0.1) is 10.8 Å². The minimum atomic E-state index is -0.326. The van der Waals surface area contributed by atoms with Crippen molar-refractivity contribution in [3.05, 3.63) is 27.9 Å². The van der Waals surface area contributed by atoms with Gasteiger partial charge in [-0.1, -0.05) is 30.0 Å². The predicted octanol–water partition coefficient (Wildman–Crippen LogP) is 3.11. The van der Waals surface area contributed by atoms with Crippen LogP contribution in [-0.4, -0.2) is 26.3 Å². The number of aromatic nitrogens is 3. The third-order valence-electron chi connectivity index (χ3n) is 3.81. The van der Waals surface area contributed by atoms with Crippen molar-refractivity contribution >= 4 is 34.1 Å². The van der Waals surface area contributed by atoms with Crippen LogP contribution in [-0.2, 0) is 17.6 Å². The van der Waals surface area contributed by atoms with E-state index in [0.717, 1.165) is 35.5 Å². The molecule has 24 heavy (non-hydrogen) atoms. The summed E-state index contributed by atoms with van der Waals surface area (Å²) >= 11 is 2.69. The number of anilines is 1. The van der Waals surface area contributed by atoms with Gasteiger partial charge in [0.15, 0.2) is 0 Å². The summed E-state index contributed by atoms with van der Waals surface area (Å²) in [5.74, 6) is -0.134. The number of carbonyl (C=O) groups excluding carboxylic acids is 1. The molecule has 0 saturated carbocycles. The lowest BCUT2D eigenvalue weighted by Crippen LogP contribution is -2.24. The second kappa shape index (κ2) is 7.28. The zero-order valence-corrected chi connectivity index (χ0v) is 15.1. The summed E-state index contributed by atoms with van der Waals surface area (Å²) in [5, 5.41) is 21.6. The molecule has 1 atom stereocenters. The topological polar surface area (TPSA) is 91.6 Å². The summed E-state index contributed by atoms with van der Waals surface area (Å²) in [4.78, 5) is 17.1. The molecule has 0 saturated heterocycles. The molecule has 0 aromatic carbocycles. The van der Waals surface area contributed by atoms with E-state index in [0.29, 0.717) is 22.1 Å². The summed E-state index contributed by atoms with van der Waals surface area (Å²) in [6.45, 7) is 3.79. The standard InChI is InChI=1S/C16H17N5OS2/c1-3-13(14(22)19-16-21-20-9(2)23-16)24-15-11(8-17)7-10-5-4-6-12(10)18-15/h7,13H,3-6H2,1-2H3,(H,19,21,22)/t13-/m1/s1. The van der Waals surface area contributed by atoms with Crippen molar-refractivity contribution in [3.8, 4) is 6.07 Å². The van der Waals surface area contributed by atoms with Crippen LogP contribution < -0.4 is 5.32 Å². The molecule has 6 nitrogen and oxygen atoms in total. The van der Waals surface area contributed by atoms with Gasteiger partial charge >= 0.3 is 0 Å². The maximum absolute atomic E-state index is 12.5. The molecule has 0 aliphatic heterocycles. The summed E-state index contributed by atoms with van der Waals surface area (Å²) in [7, 11) is 0. The number of rotatable bonds is 5. The highest BCUT2D eigenvalue weighted by molar-refractivity contribution is 8.00. The van der Waals surface area contributed by atoms with E-state index in [1.165, 1.54) is 23.1 Å². The fourth-order valence-electron chi connectivity index (χ4n) is 2.61. The lowest BCUT2D eigenvalue weighted by atomic mass is 10.2. The maximum atomic E-state index is 12.5. The van der Waals surface area contributed by atoms with E-state index in [1.54, 1.807) is 0 Å². The highest BCUT2D eigenvalue weighted by Gasteiger charge is 2.23. The Hall–Kier alpha value is -1.98. The number of hydrogen-bond donors (Lipinski definition) is 1. The van der Waals surface area contributed by atoms with Crippen LogP contribution in [0.3, 0.4) is 0 Å². The van der Waals surface area contributed by atoms with Crippen LogP contribution in [0.25, 0.3) is 0 Å². The number of nitrogens with one attached hydrogen (secondary N) is 1. The number of amides is 1. The van der Waals surface area contributed by atoms with Crippen LogP contribution in [0, 0.1) is 18.3 Å². The van der Waals surface area contributed by atoms with Crippen molar-refractivity contribution in [3.63, 3.8) is 0 Å². The molecule has 1 amide bonds. The zero-order valence-electron chi connectivity index (χ0n) is 13.5. The predicted molar refractivity (Wildman–Crippen MR) is 94.2 cm³/mol. The van der Waals surface area contributed by atoms with Gasteiger partial charge in [-0.3, -0.25) is 10.1 Å². The first-order chi connectivity index (χ1) is 11.6. The van der Waals surface area contributed by atoms with Gasteiger partial charge in [-0.05, 0) is 44.2 Å². The van der Waals surface area contributed by atoms with E-state index in [-0.39, 0.29) is 11.2 Å². The molecular weight excluding hydrogens is 342 g/mol. The molecule has 124 valence electrons. The molecule has 0 bridgehead atoms. The fraction of sp³-hybridized carbons (Fsp3) is 0.438. The van der Waals surface area contributed by atoms with E-state index in [1.807, 2.05) is 19.9 Å². The van der Waals surface area contributed by atoms with Crippen LogP contribution in [0.1, 0.15) is 41.6 Å². The Balaban J connectivity index is 1.78. The first kappa shape index (κ1) is 16.9. The number of aryl methyl sites for hydroxylation is 3. The zero-order chi connectivity index (χ0) is 17.1. The Bertz CT molecular complexity index is 811. The minimum absolute atomic E-state index is 0.134. The van der Waals surface area contributed by atoms with E-state index < -0.39 is 0 Å². The molecule has 1 aliphatic carbocycles. The summed E-state index contributed by atoms with van der Waals surface area (Å²) in [6.07, 6.45) is 3.64. The molecule has 2 aromatic rings. The first-order valence-electron chi connectivity index (χ1n) is 7.81. The number of pyridine rings is 1. The summed E-state index contributed by atoms with van der Waals surface area (Å²) < 4.78 is 0. The number of hydrogen-bond acceptors (Lipinski definition) is 7. The molecule has 2 aromatic heterocycles. The highest BCUT2D eigenvalue weighted by Crippen LogP contribution is 2.31. The Kier molecular flexibility index (Phi) is 5.11. The van der Waals surface area contributed by atoms with Crippen LogP contribution in [0.5, 0.6) is 0 Å². The third-order valence-corrected chi connectivity index (χ3v) is 5.93. The summed E-state index contributed by atoms with van der Waals surface area (Å²) in [5.41, 5.74) is 2.78. The van der Waals surface area contributed by atoms with Crippen molar-refractivity contribution in [2.45, 2.75) is 49.8 Å². The molecule has 3 rings (SSSR count). The van der Waals surface area contributed by atoms with Gasteiger partial charge < -0.3 is 0 Å². The lowest BCUT2D eigenvalue weighted by molar-refractivity contribution is -0.115. The van der Waals surface area contributed by atoms with Gasteiger partial charge in [-0.15, -0.1) is 10.2 Å². The Labute approximate surface area is 148 Å². The molecule has 2 heterocycles. The van der Waals surface area contributed by atoms with Gasteiger partial charge in [0.25, 0.3) is 0 Å². The highest BCUT2D eigenvalue weighted by atomic mass is 32.2. The van der Waals surface area contributed by atoms with Crippen molar-refractivity contribution in [2.75, 3.05) is 5.32 Å². The normalized spacial score (nSPS) is 14.0. The Morgan fingerprint density at radius 1 is 1.50 bits per heavy atom. The average Bonchev–Trinajstić information content (AvgIpc) is 3.19. The van der Waals surface area contributed by atoms with Crippen LogP contribution in [0.4, 0.5) is 5.13 Å². The quantitative estimate of drug-likeness (QED) is 0.825. The molecule has 1 N–H and O–H groups in total. The molecule has 0 unspecified atom stereocenters. The minimum Gasteiger partial charge on any atom is -0.300 e. The van der Waals surface area contributed by atoms with Crippen LogP contribution >= 0.6 is 23.1 Å². The van der Waals surface area contributed by atoms with E-state index >= 15 is 0 Å². The molecule has 0 radical (unpaired) electrons. The Morgan fingerprint density at radius 2 is 2.33 bits per heavy atom. The molecule has 1 aliphatic rings. The molecule has 8 heteroatoms. The monoisotopic (exact) mass is 359 g/mol.